The Morgan fingerprint density at radius 3 is 2.25 bits per heavy atom. The first kappa shape index (κ1) is 14.7. The quantitative estimate of drug-likeness (QED) is 0.490. The van der Waals surface area contributed by atoms with Crippen LogP contribution in [0.4, 0.5) is 0 Å². The molecule has 1 saturated heterocycles. The molecule has 0 aromatic heterocycles. The number of hydrogen-bond acceptors (Lipinski definition) is 5. The van der Waals surface area contributed by atoms with Gasteiger partial charge in [-0.2, -0.15) is 0 Å². The van der Waals surface area contributed by atoms with Gasteiger partial charge in [0.25, 0.3) is 5.79 Å². The normalized spacial score (nSPS) is 17.5. The van der Waals surface area contributed by atoms with Crippen LogP contribution in [0.25, 0.3) is 6.08 Å². The van der Waals surface area contributed by atoms with Crippen LogP contribution in [0.3, 0.4) is 0 Å². The monoisotopic (exact) mass is 316 g/mol. The Labute approximate surface area is 124 Å². The van der Waals surface area contributed by atoms with Crippen molar-refractivity contribution in [3.8, 4) is 5.75 Å². The van der Waals surface area contributed by atoms with E-state index in [1.165, 1.54) is 26.0 Å². The maximum atomic E-state index is 11.8. The molecule has 0 radical (unpaired) electrons. The lowest BCUT2D eigenvalue weighted by molar-refractivity contribution is -0.222. The predicted octanol–water partition coefficient (Wildman–Crippen LogP) is 2.92. The van der Waals surface area contributed by atoms with Crippen molar-refractivity contribution < 1.29 is 24.2 Å². The smallest absolute Gasteiger partial charge is 0.348 e. The Morgan fingerprint density at radius 1 is 1.15 bits per heavy atom. The van der Waals surface area contributed by atoms with Crippen LogP contribution >= 0.6 is 23.2 Å². The van der Waals surface area contributed by atoms with Crippen LogP contribution < -0.4 is 0 Å². The lowest BCUT2D eigenvalue weighted by Crippen LogP contribution is -2.41. The molecule has 0 unspecified atom stereocenters. The topological polar surface area (TPSA) is 72.8 Å². The first-order chi connectivity index (χ1) is 9.19. The number of benzene rings is 1. The molecule has 2 rings (SSSR count). The molecule has 1 aliphatic rings. The Morgan fingerprint density at radius 2 is 1.70 bits per heavy atom. The van der Waals surface area contributed by atoms with Crippen LogP contribution in [0, 0.1) is 0 Å². The van der Waals surface area contributed by atoms with Gasteiger partial charge < -0.3 is 14.6 Å². The summed E-state index contributed by atoms with van der Waals surface area (Å²) >= 11 is 11.6. The van der Waals surface area contributed by atoms with E-state index in [1.807, 2.05) is 0 Å². The summed E-state index contributed by atoms with van der Waals surface area (Å²) in [6, 6.07) is 2.69. The SMILES string of the molecule is CC1(C)OC(=O)C(=Cc2cc(Cl)cc(Cl)c2O)C(=O)O1. The van der Waals surface area contributed by atoms with E-state index in [0.29, 0.717) is 0 Å². The molecule has 1 fully saturated rings. The molecule has 106 valence electrons. The molecule has 5 nitrogen and oxygen atoms in total. The minimum Gasteiger partial charge on any atom is -0.506 e. The Kier molecular flexibility index (Phi) is 3.67. The standard InChI is InChI=1S/C13H10Cl2O5/c1-13(2)19-11(17)8(12(18)20-13)4-6-3-7(14)5-9(15)10(6)16/h3-5,16H,1-2H3. The van der Waals surface area contributed by atoms with Crippen LogP contribution in [0.2, 0.25) is 10.0 Å². The van der Waals surface area contributed by atoms with Gasteiger partial charge in [0, 0.05) is 24.4 Å². The zero-order chi connectivity index (χ0) is 15.1. The molecule has 1 aromatic rings. The molecular formula is C13H10Cl2O5. The maximum Gasteiger partial charge on any atom is 0.348 e. The molecule has 1 N–H and O–H groups in total. The fourth-order valence-electron chi connectivity index (χ4n) is 1.63. The Balaban J connectivity index is 2.46. The van der Waals surface area contributed by atoms with Crippen molar-refractivity contribution in [2.45, 2.75) is 19.6 Å². The van der Waals surface area contributed by atoms with Gasteiger partial charge in [-0.3, -0.25) is 0 Å². The second-order valence-corrected chi connectivity index (χ2v) is 5.41. The van der Waals surface area contributed by atoms with Gasteiger partial charge in [0.05, 0.1) is 5.02 Å². The molecule has 0 aliphatic carbocycles. The zero-order valence-corrected chi connectivity index (χ0v) is 12.1. The summed E-state index contributed by atoms with van der Waals surface area (Å²) in [5, 5.41) is 10.0. The highest BCUT2D eigenvalue weighted by atomic mass is 35.5. The van der Waals surface area contributed by atoms with Gasteiger partial charge in [0.1, 0.15) is 11.3 Å². The van der Waals surface area contributed by atoms with E-state index >= 15 is 0 Å². The largest absolute Gasteiger partial charge is 0.506 e. The highest BCUT2D eigenvalue weighted by Gasteiger charge is 2.39. The molecular weight excluding hydrogens is 307 g/mol. The van der Waals surface area contributed by atoms with Gasteiger partial charge >= 0.3 is 11.9 Å². The van der Waals surface area contributed by atoms with Crippen LogP contribution in [-0.2, 0) is 19.1 Å². The molecule has 0 atom stereocenters. The summed E-state index contributed by atoms with van der Waals surface area (Å²) in [6.07, 6.45) is 1.12. The summed E-state index contributed by atoms with van der Waals surface area (Å²) in [7, 11) is 0. The minimum absolute atomic E-state index is 0.00206. The van der Waals surface area contributed by atoms with Crippen molar-refractivity contribution in [3.63, 3.8) is 0 Å². The lowest BCUT2D eigenvalue weighted by Gasteiger charge is -2.29. The molecule has 0 amide bonds. The number of ether oxygens (including phenoxy) is 2. The van der Waals surface area contributed by atoms with Crippen molar-refractivity contribution in [1.82, 2.24) is 0 Å². The van der Waals surface area contributed by atoms with Crippen LogP contribution in [0.15, 0.2) is 17.7 Å². The highest BCUT2D eigenvalue weighted by molar-refractivity contribution is 6.36. The van der Waals surface area contributed by atoms with E-state index in [9.17, 15) is 14.7 Å². The molecule has 7 heteroatoms. The number of phenolic OH excluding ortho intramolecular Hbond substituents is 1. The summed E-state index contributed by atoms with van der Waals surface area (Å²) in [4.78, 5) is 23.5. The first-order valence-electron chi connectivity index (χ1n) is 5.56. The van der Waals surface area contributed by atoms with Crippen molar-refractivity contribution in [2.75, 3.05) is 0 Å². The zero-order valence-electron chi connectivity index (χ0n) is 10.6. The van der Waals surface area contributed by atoms with E-state index in [2.05, 4.69) is 0 Å². The van der Waals surface area contributed by atoms with Gasteiger partial charge in [-0.05, 0) is 18.2 Å². The maximum absolute atomic E-state index is 11.8. The number of carbonyl (C=O) groups is 2. The van der Waals surface area contributed by atoms with Gasteiger partial charge in [-0.25, -0.2) is 9.59 Å². The van der Waals surface area contributed by atoms with E-state index < -0.39 is 17.7 Å². The number of carbonyl (C=O) groups excluding carboxylic acids is 2. The van der Waals surface area contributed by atoms with Gasteiger partial charge in [-0.1, -0.05) is 23.2 Å². The van der Waals surface area contributed by atoms with E-state index in [0.717, 1.165) is 6.08 Å². The second kappa shape index (κ2) is 5.00. The van der Waals surface area contributed by atoms with Gasteiger partial charge in [-0.15, -0.1) is 0 Å². The Hall–Kier alpha value is -1.72. The average molecular weight is 317 g/mol. The minimum atomic E-state index is -1.32. The number of esters is 2. The number of aromatic hydroxyl groups is 1. The number of rotatable bonds is 1. The third-order valence-corrected chi connectivity index (χ3v) is 2.98. The van der Waals surface area contributed by atoms with Crippen LogP contribution in [0.1, 0.15) is 19.4 Å². The molecule has 0 spiro atoms. The van der Waals surface area contributed by atoms with Crippen molar-refractivity contribution in [1.29, 1.82) is 0 Å². The Bertz CT molecular complexity index is 612. The number of cyclic esters (lactones) is 2. The van der Waals surface area contributed by atoms with Gasteiger partial charge in [0.2, 0.25) is 0 Å². The first-order valence-corrected chi connectivity index (χ1v) is 6.31. The van der Waals surface area contributed by atoms with E-state index in [4.69, 9.17) is 32.7 Å². The summed E-state index contributed by atoms with van der Waals surface area (Å²) in [5.41, 5.74) is -0.232. The molecule has 20 heavy (non-hydrogen) atoms. The molecule has 0 saturated carbocycles. The fraction of sp³-hybridized carbons (Fsp3) is 0.231. The number of hydrogen-bond donors (Lipinski definition) is 1. The highest BCUT2D eigenvalue weighted by Crippen LogP contribution is 2.33. The number of halogens is 2. The second-order valence-electron chi connectivity index (χ2n) is 4.56. The summed E-state index contributed by atoms with van der Waals surface area (Å²) in [6.45, 7) is 2.88. The van der Waals surface area contributed by atoms with Crippen LogP contribution in [-0.4, -0.2) is 22.8 Å². The third-order valence-electron chi connectivity index (χ3n) is 2.47. The predicted molar refractivity (Wildman–Crippen MR) is 72.4 cm³/mol. The number of phenols is 1. The summed E-state index contributed by atoms with van der Waals surface area (Å²) in [5.74, 6) is -3.31. The fourth-order valence-corrected chi connectivity index (χ4v) is 2.14. The molecule has 1 aromatic carbocycles. The average Bonchev–Trinajstić information content (AvgIpc) is 2.28. The molecule has 0 bridgehead atoms. The van der Waals surface area contributed by atoms with Crippen LogP contribution in [0.5, 0.6) is 5.75 Å². The van der Waals surface area contributed by atoms with Crippen molar-refractivity contribution in [3.05, 3.63) is 33.3 Å². The third kappa shape index (κ3) is 2.89. The van der Waals surface area contributed by atoms with Crippen molar-refractivity contribution >= 4 is 41.2 Å². The molecule has 1 aliphatic heterocycles. The van der Waals surface area contributed by atoms with Crippen molar-refractivity contribution in [2.24, 2.45) is 0 Å². The lowest BCUT2D eigenvalue weighted by atomic mass is 10.1. The van der Waals surface area contributed by atoms with Gasteiger partial charge in [0.15, 0.2) is 0 Å². The van der Waals surface area contributed by atoms with E-state index in [-0.39, 0.29) is 26.9 Å². The summed E-state index contributed by atoms with van der Waals surface area (Å²) < 4.78 is 9.86. The van der Waals surface area contributed by atoms with E-state index in [1.54, 1.807) is 0 Å². The molecule has 1 heterocycles.